The molecule has 58 heavy (non-hydrogen) atoms. The fraction of sp³-hybridized carbons (Fsp3) is 0.500. The third-order valence-electron chi connectivity index (χ3n) is 12.0. The number of rotatable bonds is 14. The first kappa shape index (κ1) is 40.3. The summed E-state index contributed by atoms with van der Waals surface area (Å²) in [4.78, 5) is 73.4. The van der Waals surface area contributed by atoms with Crippen molar-refractivity contribution in [1.82, 2.24) is 19.8 Å². The molecule has 2 aromatic heterocycles. The number of esters is 2. The number of carbonyl (C=O) groups excluding carboxylic acids is 4. The van der Waals surface area contributed by atoms with E-state index in [2.05, 4.69) is 9.80 Å². The molecule has 8 rings (SSSR count). The molecule has 2 amide bonds. The van der Waals surface area contributed by atoms with E-state index < -0.39 is 48.0 Å². The number of carbonyl (C=O) groups is 4. The summed E-state index contributed by atoms with van der Waals surface area (Å²) < 4.78 is 10.8. The first-order chi connectivity index (χ1) is 28.1. The SMILES string of the molecule is Cc1csc(C2(N(C(=O)COC(=O)C(=O)OCC(=O)N(c3ccccc3)C3(c4nc(C)cs4)CCN(CC4CC4)CC3)c3ccccc3)CCN(CC3CC3)CC2)n1. The summed E-state index contributed by atoms with van der Waals surface area (Å²) in [7, 11) is 0. The van der Waals surface area contributed by atoms with Gasteiger partial charge in [-0.15, -0.1) is 22.7 Å². The van der Waals surface area contributed by atoms with Crippen molar-refractivity contribution in [3.05, 3.63) is 92.8 Å². The predicted molar refractivity (Wildman–Crippen MR) is 224 cm³/mol. The zero-order chi connectivity index (χ0) is 40.3. The summed E-state index contributed by atoms with van der Waals surface area (Å²) >= 11 is 3.06. The fourth-order valence-corrected chi connectivity index (χ4v) is 10.8. The number of likely N-dealkylation sites (tertiary alicyclic amines) is 2. The van der Waals surface area contributed by atoms with E-state index in [0.29, 0.717) is 37.1 Å². The molecule has 2 saturated heterocycles. The number of amides is 2. The van der Waals surface area contributed by atoms with Crippen molar-refractivity contribution in [2.24, 2.45) is 11.8 Å². The first-order valence-electron chi connectivity index (χ1n) is 20.5. The molecule has 2 saturated carbocycles. The molecule has 4 aromatic rings. The quantitative estimate of drug-likeness (QED) is 0.103. The normalized spacial score (nSPS) is 19.3. The van der Waals surface area contributed by atoms with Gasteiger partial charge in [0.1, 0.15) is 21.1 Å². The molecule has 0 bridgehead atoms. The Kier molecular flexibility index (Phi) is 12.1. The van der Waals surface area contributed by atoms with Crippen molar-refractivity contribution in [2.45, 2.75) is 76.3 Å². The van der Waals surface area contributed by atoms with Crippen LogP contribution < -0.4 is 9.80 Å². The second-order valence-corrected chi connectivity index (χ2v) is 18.1. The lowest BCUT2D eigenvalue weighted by atomic mass is 9.85. The van der Waals surface area contributed by atoms with Crippen LogP contribution in [-0.2, 0) is 39.7 Å². The number of para-hydroxylation sites is 2. The third-order valence-corrected chi connectivity index (χ3v) is 14.3. The molecular weight excluding hydrogens is 773 g/mol. The van der Waals surface area contributed by atoms with Crippen LogP contribution in [0.15, 0.2) is 71.4 Å². The van der Waals surface area contributed by atoms with Crippen LogP contribution in [0, 0.1) is 25.7 Å². The number of aromatic nitrogens is 2. The van der Waals surface area contributed by atoms with E-state index in [4.69, 9.17) is 19.4 Å². The van der Waals surface area contributed by atoms with Crippen LogP contribution in [0.2, 0.25) is 0 Å². The summed E-state index contributed by atoms with van der Waals surface area (Å²) in [6, 6.07) is 18.7. The number of hydrogen-bond acceptors (Lipinski definition) is 12. The Morgan fingerprint density at radius 1 is 0.621 bits per heavy atom. The van der Waals surface area contributed by atoms with Crippen molar-refractivity contribution in [1.29, 1.82) is 0 Å². The molecule has 4 fully saturated rings. The zero-order valence-corrected chi connectivity index (χ0v) is 35.0. The lowest BCUT2D eigenvalue weighted by molar-refractivity contribution is -0.169. The highest BCUT2D eigenvalue weighted by Crippen LogP contribution is 2.46. The summed E-state index contributed by atoms with van der Waals surface area (Å²) in [5, 5.41) is 5.66. The van der Waals surface area contributed by atoms with Crippen molar-refractivity contribution < 1.29 is 28.7 Å². The minimum atomic E-state index is -1.34. The van der Waals surface area contributed by atoms with Crippen LogP contribution in [0.1, 0.15) is 72.8 Å². The minimum absolute atomic E-state index is 0.476. The maximum absolute atomic E-state index is 14.4. The largest absolute Gasteiger partial charge is 0.447 e. The highest BCUT2D eigenvalue weighted by molar-refractivity contribution is 7.10. The van der Waals surface area contributed by atoms with Gasteiger partial charge in [0.15, 0.2) is 13.2 Å². The number of nitrogens with zero attached hydrogens (tertiary/aromatic N) is 6. The standard InChI is InChI=1S/C44H52N6O6S2/c1-31-29-57-41(45-31)43(17-21-47(22-18-43)25-33-13-14-33)49(35-9-5-3-6-10-35)37(51)27-55-39(53)40(54)56-28-38(52)50(36-11-7-4-8-12-36)44(42-46-32(2)30-58-42)19-23-48(24-20-44)26-34-15-16-34/h3-12,29-30,33-34H,13-28H2,1-2H3. The van der Waals surface area contributed by atoms with Gasteiger partial charge in [-0.2, -0.15) is 0 Å². The van der Waals surface area contributed by atoms with E-state index in [-0.39, 0.29) is 0 Å². The van der Waals surface area contributed by atoms with E-state index >= 15 is 0 Å². The number of anilines is 2. The second kappa shape index (κ2) is 17.4. The topological polar surface area (TPSA) is 125 Å². The number of piperidine rings is 2. The van der Waals surface area contributed by atoms with Gasteiger partial charge in [-0.05, 0) is 101 Å². The Hall–Kier alpha value is -4.50. The van der Waals surface area contributed by atoms with Crippen LogP contribution in [0.3, 0.4) is 0 Å². The Balaban J connectivity index is 0.967. The smallest absolute Gasteiger partial charge is 0.418 e. The van der Waals surface area contributed by atoms with Gasteiger partial charge in [-0.25, -0.2) is 19.6 Å². The molecule has 4 heterocycles. The Morgan fingerprint density at radius 3 is 1.29 bits per heavy atom. The second-order valence-electron chi connectivity index (χ2n) is 16.4. The molecule has 0 N–H and O–H groups in total. The number of benzene rings is 2. The maximum Gasteiger partial charge on any atom is 0.418 e. The molecule has 14 heteroatoms. The number of hydrogen-bond donors (Lipinski definition) is 0. The van der Waals surface area contributed by atoms with Crippen LogP contribution >= 0.6 is 22.7 Å². The summed E-state index contributed by atoms with van der Waals surface area (Å²) in [6.07, 6.45) is 7.69. The Bertz CT molecular complexity index is 1920. The highest BCUT2D eigenvalue weighted by atomic mass is 32.1. The van der Waals surface area contributed by atoms with Gasteiger partial charge in [0.25, 0.3) is 11.8 Å². The van der Waals surface area contributed by atoms with Gasteiger partial charge < -0.3 is 19.3 Å². The van der Waals surface area contributed by atoms with Crippen LogP contribution in [0.4, 0.5) is 11.4 Å². The molecule has 0 unspecified atom stereocenters. The van der Waals surface area contributed by atoms with Crippen LogP contribution in [0.25, 0.3) is 0 Å². The van der Waals surface area contributed by atoms with E-state index in [0.717, 1.165) is 72.5 Å². The molecule has 2 aromatic carbocycles. The van der Waals surface area contributed by atoms with Gasteiger partial charge in [0.05, 0.1) is 0 Å². The molecule has 306 valence electrons. The van der Waals surface area contributed by atoms with Crippen LogP contribution in [-0.4, -0.2) is 96.0 Å². The van der Waals surface area contributed by atoms with Gasteiger partial charge in [0.2, 0.25) is 0 Å². The first-order valence-corrected chi connectivity index (χ1v) is 22.3. The molecule has 0 radical (unpaired) electrons. The van der Waals surface area contributed by atoms with Crippen molar-refractivity contribution in [3.63, 3.8) is 0 Å². The Morgan fingerprint density at radius 2 is 0.983 bits per heavy atom. The molecule has 2 aliphatic heterocycles. The zero-order valence-electron chi connectivity index (χ0n) is 33.3. The van der Waals surface area contributed by atoms with Gasteiger partial charge in [0, 0.05) is 72.8 Å². The molecule has 4 aliphatic rings. The average Bonchev–Trinajstić information content (AvgIpc) is 4.16. The highest BCUT2D eigenvalue weighted by Gasteiger charge is 2.49. The molecule has 2 aliphatic carbocycles. The van der Waals surface area contributed by atoms with Crippen molar-refractivity contribution in [3.8, 4) is 0 Å². The number of thiazole rings is 2. The molecule has 0 atom stereocenters. The monoisotopic (exact) mass is 824 g/mol. The maximum atomic E-state index is 14.4. The van der Waals surface area contributed by atoms with Crippen molar-refractivity contribution >= 4 is 57.8 Å². The van der Waals surface area contributed by atoms with E-state index in [1.165, 1.54) is 48.4 Å². The van der Waals surface area contributed by atoms with Gasteiger partial charge in [-0.1, -0.05) is 36.4 Å². The summed E-state index contributed by atoms with van der Waals surface area (Å²) in [6.45, 7) is 7.83. The lowest BCUT2D eigenvalue weighted by Crippen LogP contribution is -2.57. The van der Waals surface area contributed by atoms with E-state index in [9.17, 15) is 19.2 Å². The van der Waals surface area contributed by atoms with Crippen LogP contribution in [0.5, 0.6) is 0 Å². The third kappa shape index (κ3) is 8.90. The minimum Gasteiger partial charge on any atom is -0.447 e. The average molecular weight is 825 g/mol. The van der Waals surface area contributed by atoms with Crippen molar-refractivity contribution in [2.75, 3.05) is 62.3 Å². The molecule has 12 nitrogen and oxygen atoms in total. The lowest BCUT2D eigenvalue weighted by Gasteiger charge is -2.47. The number of ether oxygens (including phenoxy) is 2. The summed E-state index contributed by atoms with van der Waals surface area (Å²) in [5.74, 6) is -2.13. The van der Waals surface area contributed by atoms with E-state index in [1.807, 2.05) is 85.3 Å². The van der Waals surface area contributed by atoms with Gasteiger partial charge in [-0.3, -0.25) is 19.4 Å². The number of aryl methyl sites for hydroxylation is 2. The fourth-order valence-electron chi connectivity index (χ4n) is 8.66. The summed E-state index contributed by atoms with van der Waals surface area (Å²) in [5.41, 5.74) is 1.53. The molecule has 0 spiro atoms. The van der Waals surface area contributed by atoms with E-state index in [1.54, 1.807) is 9.80 Å². The molecular formula is C44H52N6O6S2. The van der Waals surface area contributed by atoms with Gasteiger partial charge >= 0.3 is 11.9 Å². The Labute approximate surface area is 348 Å². The predicted octanol–water partition coefficient (Wildman–Crippen LogP) is 6.47.